The van der Waals surface area contributed by atoms with Gasteiger partial charge in [0, 0.05) is 50.7 Å². The molecule has 1 aromatic heterocycles. The van der Waals surface area contributed by atoms with Crippen molar-refractivity contribution in [3.63, 3.8) is 0 Å². The van der Waals surface area contributed by atoms with E-state index in [1.54, 1.807) is 0 Å². The van der Waals surface area contributed by atoms with E-state index in [2.05, 4.69) is 40.8 Å². The number of aromatic nitrogens is 1. The predicted molar refractivity (Wildman–Crippen MR) is 71.0 cm³/mol. The van der Waals surface area contributed by atoms with Crippen LogP contribution in [0.5, 0.6) is 0 Å². The third kappa shape index (κ3) is 3.51. The third-order valence-electron chi connectivity index (χ3n) is 3.52. The summed E-state index contributed by atoms with van der Waals surface area (Å²) in [4.78, 5) is 9.42. The van der Waals surface area contributed by atoms with Gasteiger partial charge in [-0.25, -0.2) is 0 Å². The van der Waals surface area contributed by atoms with Gasteiger partial charge in [-0.2, -0.15) is 0 Å². The molecular weight excluding hydrogens is 210 g/mol. The number of pyridine rings is 1. The van der Waals surface area contributed by atoms with Crippen LogP contribution in [0.3, 0.4) is 0 Å². The minimum Gasteiger partial charge on any atom is -0.298 e. The van der Waals surface area contributed by atoms with Crippen LogP contribution in [0.15, 0.2) is 18.3 Å². The molecule has 1 fully saturated rings. The maximum absolute atomic E-state index is 4.35. The Hall–Kier alpha value is -0.930. The van der Waals surface area contributed by atoms with E-state index in [0.29, 0.717) is 6.04 Å². The zero-order valence-electron chi connectivity index (χ0n) is 11.2. The summed E-state index contributed by atoms with van der Waals surface area (Å²) in [6.07, 6.45) is 2.00. The summed E-state index contributed by atoms with van der Waals surface area (Å²) in [5, 5.41) is 0. The number of rotatable bonds is 3. The molecule has 3 heteroatoms. The van der Waals surface area contributed by atoms with Crippen LogP contribution in [-0.2, 0) is 6.54 Å². The molecule has 0 radical (unpaired) electrons. The lowest BCUT2D eigenvalue weighted by Gasteiger charge is -2.36. The van der Waals surface area contributed by atoms with Gasteiger partial charge >= 0.3 is 0 Å². The van der Waals surface area contributed by atoms with Gasteiger partial charge in [-0.05, 0) is 32.4 Å². The minimum atomic E-state index is 0.679. The van der Waals surface area contributed by atoms with Crippen LogP contribution < -0.4 is 0 Å². The molecular formula is C14H23N3. The number of aryl methyl sites for hydroxylation is 1. The van der Waals surface area contributed by atoms with Gasteiger partial charge in [0.05, 0.1) is 0 Å². The lowest BCUT2D eigenvalue weighted by atomic mass is 10.2. The molecule has 2 rings (SSSR count). The van der Waals surface area contributed by atoms with E-state index in [-0.39, 0.29) is 0 Å². The quantitative estimate of drug-likeness (QED) is 0.795. The fourth-order valence-corrected chi connectivity index (χ4v) is 2.29. The SMILES string of the molecule is Cc1ccc(CN2CCN(C(C)C)CC2)cn1. The maximum Gasteiger partial charge on any atom is 0.0372 e. The number of nitrogens with zero attached hydrogens (tertiary/aromatic N) is 3. The summed E-state index contributed by atoms with van der Waals surface area (Å²) in [6.45, 7) is 12.4. The van der Waals surface area contributed by atoms with Gasteiger partial charge < -0.3 is 0 Å². The highest BCUT2D eigenvalue weighted by atomic mass is 15.3. The molecule has 1 aliphatic rings. The van der Waals surface area contributed by atoms with Crippen molar-refractivity contribution >= 4 is 0 Å². The summed E-state index contributed by atoms with van der Waals surface area (Å²) in [5.74, 6) is 0. The van der Waals surface area contributed by atoms with Crippen LogP contribution in [0.4, 0.5) is 0 Å². The molecule has 0 aromatic carbocycles. The highest BCUT2D eigenvalue weighted by Crippen LogP contribution is 2.10. The van der Waals surface area contributed by atoms with Crippen molar-refractivity contribution in [3.05, 3.63) is 29.6 Å². The second-order valence-corrected chi connectivity index (χ2v) is 5.21. The molecule has 1 aliphatic heterocycles. The van der Waals surface area contributed by atoms with Crippen molar-refractivity contribution in [2.24, 2.45) is 0 Å². The Morgan fingerprint density at radius 3 is 2.41 bits per heavy atom. The molecule has 0 aliphatic carbocycles. The summed E-state index contributed by atoms with van der Waals surface area (Å²) in [5.41, 5.74) is 2.42. The van der Waals surface area contributed by atoms with Crippen molar-refractivity contribution in [3.8, 4) is 0 Å². The molecule has 0 bridgehead atoms. The zero-order chi connectivity index (χ0) is 12.3. The van der Waals surface area contributed by atoms with Crippen molar-refractivity contribution in [1.29, 1.82) is 0 Å². The fraction of sp³-hybridized carbons (Fsp3) is 0.643. The maximum atomic E-state index is 4.35. The highest BCUT2D eigenvalue weighted by Gasteiger charge is 2.18. The molecule has 1 aromatic rings. The summed E-state index contributed by atoms with van der Waals surface area (Å²) in [7, 11) is 0. The van der Waals surface area contributed by atoms with Crippen LogP contribution in [0, 0.1) is 6.92 Å². The van der Waals surface area contributed by atoms with Gasteiger partial charge in [-0.3, -0.25) is 14.8 Å². The van der Waals surface area contributed by atoms with Crippen LogP contribution in [0.25, 0.3) is 0 Å². The monoisotopic (exact) mass is 233 g/mol. The van der Waals surface area contributed by atoms with Crippen LogP contribution in [0.1, 0.15) is 25.1 Å². The molecule has 2 heterocycles. The first kappa shape index (κ1) is 12.5. The van der Waals surface area contributed by atoms with E-state index in [4.69, 9.17) is 0 Å². The van der Waals surface area contributed by atoms with Gasteiger partial charge in [0.2, 0.25) is 0 Å². The minimum absolute atomic E-state index is 0.679. The standard InChI is InChI=1S/C14H23N3/c1-12(2)17-8-6-16(7-9-17)11-14-5-4-13(3)15-10-14/h4-5,10,12H,6-9,11H2,1-3H3. The van der Waals surface area contributed by atoms with E-state index in [0.717, 1.165) is 12.2 Å². The topological polar surface area (TPSA) is 19.4 Å². The average molecular weight is 233 g/mol. The summed E-state index contributed by atoms with van der Waals surface area (Å²) >= 11 is 0. The molecule has 0 unspecified atom stereocenters. The molecule has 1 saturated heterocycles. The van der Waals surface area contributed by atoms with Crippen molar-refractivity contribution in [2.75, 3.05) is 26.2 Å². The molecule has 0 spiro atoms. The van der Waals surface area contributed by atoms with Crippen LogP contribution in [-0.4, -0.2) is 47.0 Å². The molecule has 0 N–H and O–H groups in total. The van der Waals surface area contributed by atoms with E-state index in [9.17, 15) is 0 Å². The molecule has 17 heavy (non-hydrogen) atoms. The highest BCUT2D eigenvalue weighted by molar-refractivity contribution is 5.13. The molecule has 0 amide bonds. The first-order valence-electron chi connectivity index (χ1n) is 6.53. The van der Waals surface area contributed by atoms with E-state index in [1.165, 1.54) is 31.7 Å². The van der Waals surface area contributed by atoms with Gasteiger partial charge in [-0.15, -0.1) is 0 Å². The normalized spacial score (nSPS) is 18.8. The first-order valence-corrected chi connectivity index (χ1v) is 6.53. The Labute approximate surface area is 104 Å². The second-order valence-electron chi connectivity index (χ2n) is 5.21. The van der Waals surface area contributed by atoms with E-state index in [1.807, 2.05) is 13.1 Å². The molecule has 0 atom stereocenters. The van der Waals surface area contributed by atoms with E-state index >= 15 is 0 Å². The summed E-state index contributed by atoms with van der Waals surface area (Å²) in [6, 6.07) is 4.97. The lowest BCUT2D eigenvalue weighted by Crippen LogP contribution is -2.48. The Morgan fingerprint density at radius 2 is 1.88 bits per heavy atom. The van der Waals surface area contributed by atoms with Crippen LogP contribution >= 0.6 is 0 Å². The lowest BCUT2D eigenvalue weighted by molar-refractivity contribution is 0.104. The Kier molecular flexibility index (Phi) is 4.13. The van der Waals surface area contributed by atoms with Gasteiger partial charge in [0.25, 0.3) is 0 Å². The molecule has 94 valence electrons. The molecule has 0 saturated carbocycles. The predicted octanol–water partition coefficient (Wildman–Crippen LogP) is 1.92. The fourth-order valence-electron chi connectivity index (χ4n) is 2.29. The third-order valence-corrected chi connectivity index (χ3v) is 3.52. The number of hydrogen-bond donors (Lipinski definition) is 0. The zero-order valence-corrected chi connectivity index (χ0v) is 11.2. The summed E-state index contributed by atoms with van der Waals surface area (Å²) < 4.78 is 0. The largest absolute Gasteiger partial charge is 0.298 e. The second kappa shape index (κ2) is 5.61. The van der Waals surface area contributed by atoms with Crippen LogP contribution in [0.2, 0.25) is 0 Å². The van der Waals surface area contributed by atoms with Gasteiger partial charge in [0.15, 0.2) is 0 Å². The van der Waals surface area contributed by atoms with Crippen molar-refractivity contribution in [1.82, 2.24) is 14.8 Å². The number of hydrogen-bond acceptors (Lipinski definition) is 3. The average Bonchev–Trinajstić information content (AvgIpc) is 2.33. The van der Waals surface area contributed by atoms with Crippen molar-refractivity contribution < 1.29 is 0 Å². The smallest absolute Gasteiger partial charge is 0.0372 e. The molecule has 3 nitrogen and oxygen atoms in total. The van der Waals surface area contributed by atoms with E-state index < -0.39 is 0 Å². The number of piperazine rings is 1. The Balaban J connectivity index is 1.84. The van der Waals surface area contributed by atoms with Gasteiger partial charge in [0.1, 0.15) is 0 Å². The Bertz CT molecular complexity index is 337. The van der Waals surface area contributed by atoms with Crippen molar-refractivity contribution in [2.45, 2.75) is 33.4 Å². The Morgan fingerprint density at radius 1 is 1.18 bits per heavy atom. The first-order chi connectivity index (χ1) is 8.15. The van der Waals surface area contributed by atoms with Gasteiger partial charge in [-0.1, -0.05) is 6.07 Å².